The van der Waals surface area contributed by atoms with Crippen molar-refractivity contribution in [3.05, 3.63) is 59.7 Å². The van der Waals surface area contributed by atoms with Gasteiger partial charge in [0.1, 0.15) is 0 Å². The van der Waals surface area contributed by atoms with Crippen LogP contribution in [0.5, 0.6) is 0 Å². The van der Waals surface area contributed by atoms with Crippen molar-refractivity contribution in [2.75, 3.05) is 0 Å². The van der Waals surface area contributed by atoms with Gasteiger partial charge in [-0.05, 0) is 24.2 Å². The van der Waals surface area contributed by atoms with Gasteiger partial charge >= 0.3 is 6.69 Å². The van der Waals surface area contributed by atoms with Gasteiger partial charge in [0.25, 0.3) is 0 Å². The average molecular weight is 281 g/mol. The first-order chi connectivity index (χ1) is 8.00. The first kappa shape index (κ1) is 12.7. The van der Waals surface area contributed by atoms with Crippen LogP contribution in [0.4, 0.5) is 0 Å². The normalized spacial score (nSPS) is 11.5. The molecular weight excluding hydrogens is 267 g/mol. The molecule has 0 fully saturated rings. The number of hydrogen-bond donors (Lipinski definition) is 0. The molecule has 0 unspecified atom stereocenters. The van der Waals surface area contributed by atoms with E-state index in [-0.39, 0.29) is 0 Å². The molecule has 0 saturated heterocycles. The summed E-state index contributed by atoms with van der Waals surface area (Å²) in [5.41, 5.74) is 2.41. The zero-order valence-electron chi connectivity index (χ0n) is 9.87. The summed E-state index contributed by atoms with van der Waals surface area (Å²) in [6, 6.07) is 16.2. The molecule has 0 nitrogen and oxygen atoms in total. The lowest BCUT2D eigenvalue weighted by atomic mass is 10.2. The summed E-state index contributed by atoms with van der Waals surface area (Å²) in [5.74, 6) is 0. The molecule has 0 aliphatic heterocycles. The zero-order valence-corrected chi connectivity index (χ0v) is 12.4. The van der Waals surface area contributed by atoms with Crippen molar-refractivity contribution in [1.82, 2.24) is 0 Å². The fraction of sp³-hybridized carbons (Fsp3) is 0.143. The maximum absolute atomic E-state index is 6.64. The summed E-state index contributed by atoms with van der Waals surface area (Å²) in [6.07, 6.45) is 0. The second kappa shape index (κ2) is 4.85. The molecule has 0 amide bonds. The van der Waals surface area contributed by atoms with Crippen LogP contribution in [-0.4, -0.2) is 6.69 Å². The third kappa shape index (κ3) is 2.74. The maximum Gasteiger partial charge on any atom is 0.310 e. The van der Waals surface area contributed by atoms with E-state index >= 15 is 0 Å². The highest BCUT2D eigenvalue weighted by molar-refractivity contribution is 7.56. The van der Waals surface area contributed by atoms with Gasteiger partial charge in [-0.3, -0.25) is 0 Å². The van der Waals surface area contributed by atoms with Crippen LogP contribution in [0.2, 0.25) is 0 Å². The smallest absolute Gasteiger partial charge is 0.134 e. The van der Waals surface area contributed by atoms with Crippen LogP contribution >= 0.6 is 22.2 Å². The molecule has 0 heterocycles. The summed E-state index contributed by atoms with van der Waals surface area (Å²) in [7, 11) is 0. The van der Waals surface area contributed by atoms with Gasteiger partial charge in [0.2, 0.25) is 0 Å². The highest BCUT2D eigenvalue weighted by Gasteiger charge is 2.33. The number of benzene rings is 2. The number of aryl methyl sites for hydroxylation is 2. The van der Waals surface area contributed by atoms with Crippen LogP contribution in [0, 0.1) is 13.8 Å². The van der Waals surface area contributed by atoms with Gasteiger partial charge in [0.05, 0.1) is 0 Å². The fourth-order valence-corrected chi connectivity index (χ4v) is 5.14. The van der Waals surface area contributed by atoms with Gasteiger partial charge < -0.3 is 0 Å². The quantitative estimate of drug-likeness (QED) is 0.585. The Morgan fingerprint density at radius 1 is 0.765 bits per heavy atom. The molecule has 2 aromatic rings. The van der Waals surface area contributed by atoms with Gasteiger partial charge in [0, 0.05) is 0 Å². The summed E-state index contributed by atoms with van der Waals surface area (Å²) < 4.78 is 0. The fourth-order valence-electron chi connectivity index (χ4n) is 1.97. The Morgan fingerprint density at radius 2 is 1.29 bits per heavy atom. The SMILES string of the molecule is Cc1cc(C)cc([Si](Cl)(Cl)c2ccccc2)c1. The molecule has 0 saturated carbocycles. The second-order valence-electron chi connectivity index (χ2n) is 4.32. The molecule has 2 rings (SSSR count). The molecular formula is C14H14Cl2Si. The van der Waals surface area contributed by atoms with Crippen molar-refractivity contribution in [2.24, 2.45) is 0 Å². The predicted molar refractivity (Wildman–Crippen MR) is 79.1 cm³/mol. The molecule has 0 aliphatic rings. The van der Waals surface area contributed by atoms with E-state index in [9.17, 15) is 0 Å². The molecule has 17 heavy (non-hydrogen) atoms. The molecule has 0 N–H and O–H groups in total. The average Bonchev–Trinajstić information content (AvgIpc) is 2.29. The summed E-state index contributed by atoms with van der Waals surface area (Å²) in [4.78, 5) is 0. The van der Waals surface area contributed by atoms with Crippen molar-refractivity contribution in [1.29, 1.82) is 0 Å². The van der Waals surface area contributed by atoms with Crippen LogP contribution in [-0.2, 0) is 0 Å². The van der Waals surface area contributed by atoms with E-state index < -0.39 is 6.69 Å². The Labute approximate surface area is 113 Å². The number of hydrogen-bond acceptors (Lipinski definition) is 0. The molecule has 0 bridgehead atoms. The molecule has 0 atom stereocenters. The lowest BCUT2D eigenvalue weighted by Gasteiger charge is -2.18. The summed E-state index contributed by atoms with van der Waals surface area (Å²) in [5, 5.41) is 2.10. The summed E-state index contributed by atoms with van der Waals surface area (Å²) >= 11 is 13.3. The minimum absolute atomic E-state index is 1.04. The van der Waals surface area contributed by atoms with Crippen molar-refractivity contribution >= 4 is 39.2 Å². The lowest BCUT2D eigenvalue weighted by molar-refractivity contribution is 1.40. The van der Waals surface area contributed by atoms with Crippen LogP contribution in [0.3, 0.4) is 0 Å². The van der Waals surface area contributed by atoms with Crippen molar-refractivity contribution < 1.29 is 0 Å². The molecule has 3 heteroatoms. The topological polar surface area (TPSA) is 0 Å². The first-order valence-electron chi connectivity index (χ1n) is 5.52. The van der Waals surface area contributed by atoms with E-state index in [0.29, 0.717) is 0 Å². The Hall–Kier alpha value is -0.763. The second-order valence-corrected chi connectivity index (χ2v) is 10.6. The van der Waals surface area contributed by atoms with Crippen molar-refractivity contribution in [3.63, 3.8) is 0 Å². The first-order valence-corrected chi connectivity index (χ1v) is 9.54. The number of rotatable bonds is 2. The zero-order chi connectivity index (χ0) is 12.5. The van der Waals surface area contributed by atoms with E-state index in [1.807, 2.05) is 30.3 Å². The Morgan fingerprint density at radius 3 is 1.82 bits per heavy atom. The van der Waals surface area contributed by atoms with Crippen LogP contribution in [0.15, 0.2) is 48.5 Å². The van der Waals surface area contributed by atoms with E-state index in [1.54, 1.807) is 0 Å². The van der Waals surface area contributed by atoms with Gasteiger partial charge in [0.15, 0.2) is 0 Å². The maximum atomic E-state index is 6.64. The van der Waals surface area contributed by atoms with Crippen molar-refractivity contribution in [2.45, 2.75) is 13.8 Å². The minimum Gasteiger partial charge on any atom is -0.134 e. The van der Waals surface area contributed by atoms with Gasteiger partial charge in [-0.25, -0.2) is 0 Å². The van der Waals surface area contributed by atoms with E-state index in [1.165, 1.54) is 11.1 Å². The highest BCUT2D eigenvalue weighted by Crippen LogP contribution is 2.17. The van der Waals surface area contributed by atoms with Crippen LogP contribution < -0.4 is 10.4 Å². The third-order valence-electron chi connectivity index (χ3n) is 2.72. The summed E-state index contributed by atoms with van der Waals surface area (Å²) in [6.45, 7) is 1.56. The standard InChI is InChI=1S/C14H14Cl2Si/c1-11-8-12(2)10-14(9-11)17(15,16)13-6-4-3-5-7-13/h3-10H,1-2H3. The van der Waals surface area contributed by atoms with Gasteiger partial charge in [-0.2, -0.15) is 0 Å². The molecule has 0 aromatic heterocycles. The van der Waals surface area contributed by atoms with Crippen molar-refractivity contribution in [3.8, 4) is 0 Å². The van der Waals surface area contributed by atoms with E-state index in [0.717, 1.165) is 10.4 Å². The minimum atomic E-state index is -2.57. The van der Waals surface area contributed by atoms with E-state index in [4.69, 9.17) is 22.2 Å². The number of halogens is 2. The van der Waals surface area contributed by atoms with Crippen LogP contribution in [0.1, 0.15) is 11.1 Å². The molecule has 0 aliphatic carbocycles. The monoisotopic (exact) mass is 280 g/mol. The molecule has 88 valence electrons. The highest BCUT2D eigenvalue weighted by atomic mass is 35.7. The Bertz CT molecular complexity index is 501. The van der Waals surface area contributed by atoms with Gasteiger partial charge in [-0.15, -0.1) is 22.2 Å². The predicted octanol–water partition coefficient (Wildman–Crippen LogP) is 3.34. The lowest BCUT2D eigenvalue weighted by Crippen LogP contribution is -2.48. The molecule has 0 radical (unpaired) electrons. The van der Waals surface area contributed by atoms with Crippen LogP contribution in [0.25, 0.3) is 0 Å². The Kier molecular flexibility index (Phi) is 3.62. The van der Waals surface area contributed by atoms with E-state index in [2.05, 4.69) is 32.0 Å². The molecule has 0 spiro atoms. The Balaban J connectivity index is 2.51. The third-order valence-corrected chi connectivity index (χ3v) is 7.41. The molecule has 2 aromatic carbocycles. The largest absolute Gasteiger partial charge is 0.310 e. The van der Waals surface area contributed by atoms with Gasteiger partial charge in [-0.1, -0.05) is 59.7 Å².